The first kappa shape index (κ1) is 27.1. The minimum Gasteiger partial charge on any atom is -0.507 e. The molecule has 0 spiro atoms. The average Bonchev–Trinajstić information content (AvgIpc) is 2.89. The highest BCUT2D eigenvalue weighted by Crippen LogP contribution is 2.37. The lowest BCUT2D eigenvalue weighted by molar-refractivity contribution is -0.137. The Bertz CT molecular complexity index is 1100. The Morgan fingerprint density at radius 3 is 2.26 bits per heavy atom. The van der Waals surface area contributed by atoms with Crippen molar-refractivity contribution in [1.82, 2.24) is 20.0 Å². The van der Waals surface area contributed by atoms with Crippen molar-refractivity contribution in [2.24, 2.45) is 0 Å². The Balaban J connectivity index is 1.16. The molecule has 2 saturated heterocycles. The molecule has 7 nitrogen and oxygen atoms in total. The van der Waals surface area contributed by atoms with Crippen molar-refractivity contribution in [1.29, 1.82) is 0 Å². The van der Waals surface area contributed by atoms with Gasteiger partial charge < -0.3 is 20.4 Å². The van der Waals surface area contributed by atoms with E-state index in [9.17, 15) is 23.4 Å². The summed E-state index contributed by atoms with van der Waals surface area (Å²) in [5.74, 6) is 0.173. The molecule has 1 aromatic carbocycles. The number of aliphatic hydroxyl groups is 1. The fraction of sp³-hybridized carbons (Fsp3) is 0.643. The van der Waals surface area contributed by atoms with Crippen LogP contribution in [0.4, 0.5) is 19.0 Å². The van der Waals surface area contributed by atoms with Crippen LogP contribution in [0.2, 0.25) is 0 Å². The molecule has 2 aliphatic heterocycles. The number of phenols is 1. The largest absolute Gasteiger partial charge is 0.507 e. The van der Waals surface area contributed by atoms with E-state index in [1.165, 1.54) is 18.9 Å². The maximum Gasteiger partial charge on any atom is 0.416 e. The lowest BCUT2D eigenvalue weighted by atomic mass is 9.90. The molecule has 1 aliphatic carbocycles. The zero-order valence-corrected chi connectivity index (χ0v) is 21.9. The van der Waals surface area contributed by atoms with Crippen molar-refractivity contribution in [3.05, 3.63) is 35.4 Å². The van der Waals surface area contributed by atoms with Gasteiger partial charge in [0.05, 0.1) is 17.4 Å². The number of halogens is 3. The second-order valence-corrected chi connectivity index (χ2v) is 11.2. The van der Waals surface area contributed by atoms with Crippen LogP contribution < -0.4 is 5.32 Å². The third-order valence-electron chi connectivity index (χ3n) is 8.57. The van der Waals surface area contributed by atoms with Gasteiger partial charge in [0.25, 0.3) is 0 Å². The summed E-state index contributed by atoms with van der Waals surface area (Å²) < 4.78 is 38.8. The molecule has 10 heteroatoms. The highest BCUT2D eigenvalue weighted by Gasteiger charge is 2.33. The minimum atomic E-state index is -4.52. The van der Waals surface area contributed by atoms with Crippen molar-refractivity contribution in [3.63, 3.8) is 0 Å². The summed E-state index contributed by atoms with van der Waals surface area (Å²) in [6.45, 7) is 6.13. The standard InChI is InChI=1S/C28H38F3N5O2/c1-18-15-26(33-34-27(18)24-9-4-19(16-25(24)38)28(29,30)31)32-20-3-2-12-36(17-20)22-10-13-35(14-11-22)21-5-7-23(37)8-6-21/h4,9,15-16,20-23,37-38H,2-3,5-8,10-14,17H2,1H3,(H,32,33)/t20-,21?,23?/m1/s1. The van der Waals surface area contributed by atoms with Crippen molar-refractivity contribution in [3.8, 4) is 17.0 Å². The van der Waals surface area contributed by atoms with Crippen LogP contribution in [0.1, 0.15) is 62.5 Å². The molecule has 0 bridgehead atoms. The number of likely N-dealkylation sites (tertiary alicyclic amines) is 2. The van der Waals surface area contributed by atoms with E-state index in [1.807, 2.05) is 13.0 Å². The first-order valence-corrected chi connectivity index (χ1v) is 13.8. The second kappa shape index (κ2) is 11.4. The predicted molar refractivity (Wildman–Crippen MR) is 140 cm³/mol. The van der Waals surface area contributed by atoms with Gasteiger partial charge in [-0.3, -0.25) is 4.90 Å². The molecule has 0 unspecified atom stereocenters. The molecule has 38 heavy (non-hydrogen) atoms. The summed E-state index contributed by atoms with van der Waals surface area (Å²) in [5.41, 5.74) is 0.428. The number of aryl methyl sites for hydroxylation is 1. The quantitative estimate of drug-likeness (QED) is 0.508. The number of aliphatic hydroxyl groups excluding tert-OH is 1. The van der Waals surface area contributed by atoms with Crippen LogP contribution in [0, 0.1) is 6.92 Å². The number of benzene rings is 1. The molecule has 208 valence electrons. The van der Waals surface area contributed by atoms with Crippen LogP contribution in [-0.2, 0) is 6.18 Å². The van der Waals surface area contributed by atoms with E-state index in [0.29, 0.717) is 23.6 Å². The molecule has 0 amide bonds. The van der Waals surface area contributed by atoms with E-state index >= 15 is 0 Å². The molecular formula is C28H38F3N5O2. The van der Waals surface area contributed by atoms with Gasteiger partial charge in [0.15, 0.2) is 0 Å². The van der Waals surface area contributed by atoms with Crippen LogP contribution in [-0.4, -0.2) is 80.6 Å². The fourth-order valence-corrected chi connectivity index (χ4v) is 6.43. The molecule has 1 atom stereocenters. The summed E-state index contributed by atoms with van der Waals surface area (Å²) in [6.07, 6.45) is 3.96. The maximum atomic E-state index is 12.9. The molecule has 5 rings (SSSR count). The number of piperidine rings is 2. The fourth-order valence-electron chi connectivity index (χ4n) is 6.43. The molecule has 3 heterocycles. The lowest BCUT2D eigenvalue weighted by Gasteiger charge is -2.45. The maximum absolute atomic E-state index is 12.9. The molecule has 1 aromatic heterocycles. The SMILES string of the molecule is Cc1cc(N[C@@H]2CCCN(C3CCN(C4CCC(O)CC4)CC3)C2)nnc1-c1ccc(C(F)(F)F)cc1O. The first-order chi connectivity index (χ1) is 18.2. The Kier molecular flexibility index (Phi) is 8.11. The van der Waals surface area contributed by atoms with Crippen molar-refractivity contribution >= 4 is 5.82 Å². The Morgan fingerprint density at radius 2 is 1.61 bits per heavy atom. The summed E-state index contributed by atoms with van der Waals surface area (Å²) in [6, 6.07) is 6.22. The first-order valence-electron chi connectivity index (χ1n) is 13.8. The van der Waals surface area contributed by atoms with Gasteiger partial charge in [0.2, 0.25) is 0 Å². The van der Waals surface area contributed by atoms with Crippen molar-refractivity contribution in [2.45, 2.75) is 88.7 Å². The van der Waals surface area contributed by atoms with Crippen LogP contribution >= 0.6 is 0 Å². The summed E-state index contributed by atoms with van der Waals surface area (Å²) >= 11 is 0. The molecule has 2 aromatic rings. The number of hydrogen-bond acceptors (Lipinski definition) is 7. The summed E-state index contributed by atoms with van der Waals surface area (Å²) in [4.78, 5) is 5.24. The monoisotopic (exact) mass is 533 g/mol. The smallest absolute Gasteiger partial charge is 0.416 e. The number of phenolic OH excluding ortho intramolecular Hbond substituents is 1. The molecule has 3 fully saturated rings. The third kappa shape index (κ3) is 6.24. The number of nitrogens with one attached hydrogen (secondary N) is 1. The van der Waals surface area contributed by atoms with E-state index in [-0.39, 0.29) is 17.7 Å². The van der Waals surface area contributed by atoms with Gasteiger partial charge in [-0.1, -0.05) is 0 Å². The second-order valence-electron chi connectivity index (χ2n) is 11.2. The highest BCUT2D eigenvalue weighted by atomic mass is 19.4. The normalized spacial score (nSPS) is 26.4. The van der Waals surface area contributed by atoms with Crippen molar-refractivity contribution in [2.75, 3.05) is 31.5 Å². The topological polar surface area (TPSA) is 84.8 Å². The molecule has 0 radical (unpaired) electrons. The molecule has 3 aliphatic rings. The van der Waals surface area contributed by atoms with Gasteiger partial charge in [0, 0.05) is 30.2 Å². The third-order valence-corrected chi connectivity index (χ3v) is 8.57. The van der Waals surface area contributed by atoms with Crippen LogP contribution in [0.25, 0.3) is 11.3 Å². The highest BCUT2D eigenvalue weighted by molar-refractivity contribution is 5.70. The number of rotatable bonds is 5. The van der Waals surface area contributed by atoms with E-state index in [1.54, 1.807) is 0 Å². The number of nitrogens with zero attached hydrogens (tertiary/aromatic N) is 4. The zero-order valence-electron chi connectivity index (χ0n) is 21.9. The Morgan fingerprint density at radius 1 is 0.895 bits per heavy atom. The van der Waals surface area contributed by atoms with Gasteiger partial charge in [-0.15, -0.1) is 10.2 Å². The summed E-state index contributed by atoms with van der Waals surface area (Å²) in [5, 5.41) is 32.1. The van der Waals surface area contributed by atoms with E-state index < -0.39 is 17.5 Å². The average molecular weight is 534 g/mol. The number of aromatic hydroxyl groups is 1. The zero-order chi connectivity index (χ0) is 26.9. The van der Waals surface area contributed by atoms with Gasteiger partial charge in [-0.25, -0.2) is 0 Å². The van der Waals surface area contributed by atoms with Gasteiger partial charge in [-0.05, 0) is 108 Å². The summed E-state index contributed by atoms with van der Waals surface area (Å²) in [7, 11) is 0. The van der Waals surface area contributed by atoms with Gasteiger partial charge >= 0.3 is 6.18 Å². The van der Waals surface area contributed by atoms with Crippen LogP contribution in [0.5, 0.6) is 5.75 Å². The molecular weight excluding hydrogens is 495 g/mol. The van der Waals surface area contributed by atoms with E-state index in [2.05, 4.69) is 25.3 Å². The van der Waals surface area contributed by atoms with E-state index in [4.69, 9.17) is 0 Å². The number of aromatic nitrogens is 2. The number of hydrogen-bond donors (Lipinski definition) is 3. The number of anilines is 1. The predicted octanol–water partition coefficient (Wildman–Crippen LogP) is 4.82. The minimum absolute atomic E-state index is 0.108. The van der Waals surface area contributed by atoms with Gasteiger partial charge in [-0.2, -0.15) is 13.2 Å². The lowest BCUT2D eigenvalue weighted by Crippen LogP contribution is -2.53. The van der Waals surface area contributed by atoms with E-state index in [0.717, 1.165) is 82.4 Å². The van der Waals surface area contributed by atoms with Crippen LogP contribution in [0.15, 0.2) is 24.3 Å². The van der Waals surface area contributed by atoms with Gasteiger partial charge in [0.1, 0.15) is 11.6 Å². The molecule has 3 N–H and O–H groups in total. The number of alkyl halides is 3. The Hall–Kier alpha value is -2.43. The molecule has 1 saturated carbocycles. The van der Waals surface area contributed by atoms with Crippen molar-refractivity contribution < 1.29 is 23.4 Å². The Labute approximate surface area is 222 Å². The van der Waals surface area contributed by atoms with Crippen LogP contribution in [0.3, 0.4) is 0 Å².